The summed E-state index contributed by atoms with van der Waals surface area (Å²) in [5.74, 6) is 1.27. The fourth-order valence-electron chi connectivity index (χ4n) is 3.10. The first kappa shape index (κ1) is 21.0. The molecule has 0 fully saturated rings. The number of halogens is 2. The van der Waals surface area contributed by atoms with Crippen LogP contribution in [0.4, 0.5) is 4.39 Å². The summed E-state index contributed by atoms with van der Waals surface area (Å²) in [4.78, 5) is 4.71. The molecule has 0 aliphatic heterocycles. The maximum Gasteiger partial charge on any atom is 0.191 e. The number of benzene rings is 1. The zero-order valence-electron chi connectivity index (χ0n) is 16.9. The van der Waals surface area contributed by atoms with Gasteiger partial charge in [-0.2, -0.15) is 0 Å². The Labute approximate surface area is 175 Å². The first-order valence-electron chi connectivity index (χ1n) is 9.67. The molecule has 0 bridgehead atoms. The van der Waals surface area contributed by atoms with Crippen LogP contribution in [0, 0.1) is 5.82 Å². The van der Waals surface area contributed by atoms with Gasteiger partial charge >= 0.3 is 0 Å². The van der Waals surface area contributed by atoms with E-state index >= 15 is 0 Å². The van der Waals surface area contributed by atoms with E-state index in [0.29, 0.717) is 30.5 Å². The highest BCUT2D eigenvalue weighted by atomic mass is 35.5. The lowest BCUT2D eigenvalue weighted by atomic mass is 9.84. The molecule has 8 heteroatoms. The number of aromatic nitrogens is 3. The van der Waals surface area contributed by atoms with E-state index in [0.717, 1.165) is 23.6 Å². The van der Waals surface area contributed by atoms with Crippen LogP contribution in [0.15, 0.2) is 47.6 Å². The van der Waals surface area contributed by atoms with Crippen LogP contribution < -0.4 is 10.6 Å². The van der Waals surface area contributed by atoms with Crippen molar-refractivity contribution in [2.24, 2.45) is 4.99 Å². The molecule has 154 valence electrons. The largest absolute Gasteiger partial charge is 0.357 e. The van der Waals surface area contributed by atoms with E-state index in [2.05, 4.69) is 20.8 Å². The number of hydrogen-bond acceptors (Lipinski definition) is 3. The Kier molecular flexibility index (Phi) is 6.69. The third-order valence-electron chi connectivity index (χ3n) is 4.66. The highest BCUT2D eigenvalue weighted by Crippen LogP contribution is 2.30. The highest BCUT2D eigenvalue weighted by Gasteiger charge is 2.23. The van der Waals surface area contributed by atoms with Crippen molar-refractivity contribution in [3.8, 4) is 0 Å². The molecule has 0 aliphatic rings. The summed E-state index contributed by atoms with van der Waals surface area (Å²) in [7, 11) is 0. The van der Waals surface area contributed by atoms with Crippen molar-refractivity contribution in [1.29, 1.82) is 0 Å². The summed E-state index contributed by atoms with van der Waals surface area (Å²) >= 11 is 6.24. The van der Waals surface area contributed by atoms with Gasteiger partial charge in [0.25, 0.3) is 0 Å². The molecule has 0 unspecified atom stereocenters. The minimum Gasteiger partial charge on any atom is -0.357 e. The number of nitrogens with zero attached hydrogens (tertiary/aromatic N) is 4. The lowest BCUT2D eigenvalue weighted by molar-refractivity contribution is 0.534. The van der Waals surface area contributed by atoms with Crippen molar-refractivity contribution in [1.82, 2.24) is 25.2 Å². The summed E-state index contributed by atoms with van der Waals surface area (Å²) in [6.07, 6.45) is 2.67. The zero-order chi connectivity index (χ0) is 20.9. The molecule has 1 aromatic carbocycles. The topological polar surface area (TPSA) is 66.6 Å². The fraction of sp³-hybridized carbons (Fsp3) is 0.381. The van der Waals surface area contributed by atoms with Gasteiger partial charge in [-0.15, -0.1) is 10.2 Å². The molecule has 2 aromatic heterocycles. The molecule has 6 nitrogen and oxygen atoms in total. The number of guanidine groups is 1. The first-order valence-corrected chi connectivity index (χ1v) is 10.0. The van der Waals surface area contributed by atoms with Gasteiger partial charge in [-0.25, -0.2) is 4.39 Å². The van der Waals surface area contributed by atoms with Crippen LogP contribution in [0.3, 0.4) is 0 Å². The molecule has 0 saturated heterocycles. The van der Waals surface area contributed by atoms with E-state index in [4.69, 9.17) is 16.6 Å². The standard InChI is InChI=1S/C21H26ClFN6/c1-4-24-20(25-11-10-19-28-27-18-7-5-6-12-29(18)19)26-14-21(2,3)16-9-8-15(23)13-17(16)22/h5-9,12-13H,4,10-11,14H2,1-3H3,(H2,24,25,26). The van der Waals surface area contributed by atoms with Crippen LogP contribution in [0.2, 0.25) is 5.02 Å². The first-order chi connectivity index (χ1) is 13.9. The predicted molar refractivity (Wildman–Crippen MR) is 115 cm³/mol. The van der Waals surface area contributed by atoms with Crippen LogP contribution in [0.5, 0.6) is 0 Å². The quantitative estimate of drug-likeness (QED) is 0.456. The number of hydrogen-bond donors (Lipinski definition) is 2. The van der Waals surface area contributed by atoms with Gasteiger partial charge in [0, 0.05) is 36.1 Å². The minimum absolute atomic E-state index is 0.337. The Morgan fingerprint density at radius 1 is 1.21 bits per heavy atom. The highest BCUT2D eigenvalue weighted by molar-refractivity contribution is 6.31. The molecular weight excluding hydrogens is 391 g/mol. The van der Waals surface area contributed by atoms with Gasteiger partial charge in [0.05, 0.1) is 6.54 Å². The normalized spacial score (nSPS) is 12.4. The summed E-state index contributed by atoms with van der Waals surface area (Å²) < 4.78 is 15.3. The van der Waals surface area contributed by atoms with Crippen molar-refractivity contribution in [2.45, 2.75) is 32.6 Å². The third kappa shape index (κ3) is 5.23. The average molecular weight is 417 g/mol. The molecule has 3 rings (SSSR count). The second-order valence-electron chi connectivity index (χ2n) is 7.43. The van der Waals surface area contributed by atoms with Crippen molar-refractivity contribution in [3.05, 3.63) is 64.8 Å². The second kappa shape index (κ2) is 9.22. The predicted octanol–water partition coefficient (Wildman–Crippen LogP) is 3.60. The maximum absolute atomic E-state index is 13.4. The van der Waals surface area contributed by atoms with Crippen LogP contribution in [-0.4, -0.2) is 40.2 Å². The fourth-order valence-corrected chi connectivity index (χ4v) is 3.52. The molecule has 0 saturated carbocycles. The van der Waals surface area contributed by atoms with E-state index < -0.39 is 0 Å². The number of fused-ring (bicyclic) bond motifs is 1. The minimum atomic E-state index is -0.339. The smallest absolute Gasteiger partial charge is 0.191 e. The molecule has 0 radical (unpaired) electrons. The van der Waals surface area contributed by atoms with Crippen LogP contribution in [0.1, 0.15) is 32.2 Å². The van der Waals surface area contributed by atoms with Crippen molar-refractivity contribution < 1.29 is 4.39 Å². The summed E-state index contributed by atoms with van der Waals surface area (Å²) in [6, 6.07) is 10.3. The summed E-state index contributed by atoms with van der Waals surface area (Å²) in [5.41, 5.74) is 1.37. The number of aliphatic imine (C=N–C) groups is 1. The number of pyridine rings is 1. The molecule has 0 amide bonds. The molecule has 0 spiro atoms. The SMILES string of the molecule is CCNC(=NCC(C)(C)c1ccc(F)cc1Cl)NCCc1nnc2ccccn12. The van der Waals surface area contributed by atoms with Crippen molar-refractivity contribution in [2.75, 3.05) is 19.6 Å². The molecule has 2 N–H and O–H groups in total. The summed E-state index contributed by atoms with van der Waals surface area (Å²) in [5, 5.41) is 15.4. The van der Waals surface area contributed by atoms with E-state index in [9.17, 15) is 4.39 Å². The molecule has 29 heavy (non-hydrogen) atoms. The van der Waals surface area contributed by atoms with E-state index in [-0.39, 0.29) is 11.2 Å². The van der Waals surface area contributed by atoms with Gasteiger partial charge in [-0.3, -0.25) is 9.39 Å². The Hall–Kier alpha value is -2.67. The zero-order valence-corrected chi connectivity index (χ0v) is 17.7. The molecule has 0 aliphatic carbocycles. The monoisotopic (exact) mass is 416 g/mol. The van der Waals surface area contributed by atoms with E-state index in [1.165, 1.54) is 12.1 Å². The average Bonchev–Trinajstić information content (AvgIpc) is 3.09. The van der Waals surface area contributed by atoms with Crippen molar-refractivity contribution in [3.63, 3.8) is 0 Å². The second-order valence-corrected chi connectivity index (χ2v) is 7.83. The van der Waals surface area contributed by atoms with Crippen LogP contribution in [-0.2, 0) is 11.8 Å². The third-order valence-corrected chi connectivity index (χ3v) is 4.98. The van der Waals surface area contributed by atoms with Gasteiger partial charge in [0.1, 0.15) is 11.6 Å². The van der Waals surface area contributed by atoms with Crippen molar-refractivity contribution >= 4 is 23.2 Å². The molecule has 2 heterocycles. The van der Waals surface area contributed by atoms with Gasteiger partial charge in [-0.1, -0.05) is 37.6 Å². The van der Waals surface area contributed by atoms with Crippen LogP contribution >= 0.6 is 11.6 Å². The Morgan fingerprint density at radius 3 is 2.79 bits per heavy atom. The van der Waals surface area contributed by atoms with E-state index in [1.54, 1.807) is 6.07 Å². The van der Waals surface area contributed by atoms with Gasteiger partial charge < -0.3 is 10.6 Å². The summed E-state index contributed by atoms with van der Waals surface area (Å²) in [6.45, 7) is 8.02. The van der Waals surface area contributed by atoms with Gasteiger partial charge in [-0.05, 0) is 36.8 Å². The maximum atomic E-state index is 13.4. The number of nitrogens with one attached hydrogen (secondary N) is 2. The molecule has 3 aromatic rings. The molecule has 0 atom stereocenters. The van der Waals surface area contributed by atoms with Gasteiger partial charge in [0.15, 0.2) is 11.6 Å². The lowest BCUT2D eigenvalue weighted by Gasteiger charge is -2.25. The number of rotatable bonds is 7. The van der Waals surface area contributed by atoms with E-state index in [1.807, 2.05) is 49.6 Å². The Balaban J connectivity index is 1.64. The molecular formula is C21H26ClFN6. The van der Waals surface area contributed by atoms with Gasteiger partial charge in [0.2, 0.25) is 0 Å². The van der Waals surface area contributed by atoms with Crippen LogP contribution in [0.25, 0.3) is 5.65 Å². The lowest BCUT2D eigenvalue weighted by Crippen LogP contribution is -2.39. The Morgan fingerprint density at radius 2 is 2.03 bits per heavy atom. The Bertz CT molecular complexity index is 998.